The number of imidazole rings is 1. The molecule has 1 aliphatic heterocycles. The molecule has 0 amide bonds. The number of hydrogen-bond acceptors (Lipinski definition) is 7. The third-order valence-electron chi connectivity index (χ3n) is 5.67. The molecule has 0 radical (unpaired) electrons. The highest BCUT2D eigenvalue weighted by Crippen LogP contribution is 2.25. The summed E-state index contributed by atoms with van der Waals surface area (Å²) in [6, 6.07) is 7.84. The van der Waals surface area contributed by atoms with Gasteiger partial charge in [0.05, 0.1) is 41.5 Å². The number of fused-ring (bicyclic) bond motifs is 1. The highest BCUT2D eigenvalue weighted by atomic mass is 19.1. The smallest absolute Gasteiger partial charge is 0.241 e. The van der Waals surface area contributed by atoms with Crippen molar-refractivity contribution in [2.75, 3.05) is 31.1 Å². The van der Waals surface area contributed by atoms with Gasteiger partial charge in [-0.2, -0.15) is 4.39 Å². The van der Waals surface area contributed by atoms with Crippen LogP contribution in [0.1, 0.15) is 31.4 Å². The molecule has 4 aromatic rings. The Kier molecular flexibility index (Phi) is 5.48. The molecule has 1 N–H and O–H groups in total. The van der Waals surface area contributed by atoms with Gasteiger partial charge in [0.1, 0.15) is 11.3 Å². The van der Waals surface area contributed by atoms with Crippen LogP contribution in [0.15, 0.2) is 43.0 Å². The lowest BCUT2D eigenvalue weighted by Gasteiger charge is -2.29. The maximum Gasteiger partial charge on any atom is 0.241 e. The molecule has 8 nitrogen and oxygen atoms in total. The van der Waals surface area contributed by atoms with Crippen molar-refractivity contribution in [1.82, 2.24) is 34.8 Å². The van der Waals surface area contributed by atoms with E-state index in [2.05, 4.69) is 41.2 Å². The summed E-state index contributed by atoms with van der Waals surface area (Å²) < 4.78 is 16.5. The van der Waals surface area contributed by atoms with Gasteiger partial charge in [-0.05, 0) is 38.1 Å². The zero-order valence-corrected chi connectivity index (χ0v) is 18.2. The number of hydrogen-bond donors (Lipinski definition) is 1. The molecule has 164 valence electrons. The summed E-state index contributed by atoms with van der Waals surface area (Å²) in [6.45, 7) is 8.00. The van der Waals surface area contributed by atoms with E-state index in [0.29, 0.717) is 29.1 Å². The number of halogens is 1. The summed E-state index contributed by atoms with van der Waals surface area (Å²) >= 11 is 0. The lowest BCUT2D eigenvalue weighted by molar-refractivity contribution is 0.588. The van der Waals surface area contributed by atoms with Gasteiger partial charge in [0.2, 0.25) is 5.95 Å². The van der Waals surface area contributed by atoms with Gasteiger partial charge in [-0.25, -0.2) is 19.9 Å². The molecule has 0 spiro atoms. The van der Waals surface area contributed by atoms with Crippen LogP contribution in [0, 0.1) is 5.95 Å². The van der Waals surface area contributed by atoms with Crippen molar-refractivity contribution < 1.29 is 4.39 Å². The molecule has 5 rings (SSSR count). The SMILES string of the molecule is CC(C)n1cnc2c(F)nc(-c3ccnc(Cc4ccc(N5CCNCC5)cn4)n3)cc21. The number of piperazine rings is 1. The summed E-state index contributed by atoms with van der Waals surface area (Å²) in [4.78, 5) is 24.2. The van der Waals surface area contributed by atoms with Crippen LogP contribution in [0.3, 0.4) is 0 Å². The molecule has 1 aliphatic rings. The third kappa shape index (κ3) is 4.03. The largest absolute Gasteiger partial charge is 0.368 e. The summed E-state index contributed by atoms with van der Waals surface area (Å²) in [5.41, 5.74) is 4.01. The second-order valence-electron chi connectivity index (χ2n) is 8.19. The van der Waals surface area contributed by atoms with Crippen LogP contribution in [0.25, 0.3) is 22.4 Å². The first-order valence-electron chi connectivity index (χ1n) is 10.8. The fraction of sp³-hybridized carbons (Fsp3) is 0.348. The van der Waals surface area contributed by atoms with Gasteiger partial charge in [0.25, 0.3) is 0 Å². The molecule has 0 saturated carbocycles. The van der Waals surface area contributed by atoms with E-state index in [1.165, 1.54) is 0 Å². The molecule has 0 bridgehead atoms. The predicted octanol–water partition coefficient (Wildman–Crippen LogP) is 3.00. The average Bonchev–Trinajstić information content (AvgIpc) is 3.25. The Labute approximate surface area is 185 Å². The minimum absolute atomic E-state index is 0.158. The monoisotopic (exact) mass is 432 g/mol. The van der Waals surface area contributed by atoms with Crippen LogP contribution in [0.5, 0.6) is 0 Å². The Hall–Kier alpha value is -3.46. The zero-order valence-electron chi connectivity index (χ0n) is 18.2. The molecule has 32 heavy (non-hydrogen) atoms. The summed E-state index contributed by atoms with van der Waals surface area (Å²) in [7, 11) is 0. The molecule has 1 saturated heterocycles. The van der Waals surface area contributed by atoms with Crippen LogP contribution in [-0.4, -0.2) is 55.7 Å². The second-order valence-corrected chi connectivity index (χ2v) is 8.19. The first kappa shape index (κ1) is 20.4. The third-order valence-corrected chi connectivity index (χ3v) is 5.67. The van der Waals surface area contributed by atoms with Crippen molar-refractivity contribution in [3.8, 4) is 11.4 Å². The first-order valence-corrected chi connectivity index (χ1v) is 10.8. The molecule has 0 unspecified atom stereocenters. The van der Waals surface area contributed by atoms with Crippen molar-refractivity contribution >= 4 is 16.7 Å². The van der Waals surface area contributed by atoms with Crippen LogP contribution in [0.4, 0.5) is 10.1 Å². The fourth-order valence-corrected chi connectivity index (χ4v) is 3.96. The van der Waals surface area contributed by atoms with Crippen LogP contribution < -0.4 is 10.2 Å². The summed E-state index contributed by atoms with van der Waals surface area (Å²) in [6.07, 6.45) is 5.72. The maximum atomic E-state index is 14.6. The molecule has 1 fully saturated rings. The van der Waals surface area contributed by atoms with Crippen molar-refractivity contribution in [2.24, 2.45) is 0 Å². The van der Waals surface area contributed by atoms with Crippen LogP contribution in [-0.2, 0) is 6.42 Å². The van der Waals surface area contributed by atoms with E-state index < -0.39 is 5.95 Å². The van der Waals surface area contributed by atoms with Crippen LogP contribution in [0.2, 0.25) is 0 Å². The Morgan fingerprint density at radius 2 is 1.88 bits per heavy atom. The zero-order chi connectivity index (χ0) is 22.1. The number of aromatic nitrogens is 6. The Morgan fingerprint density at radius 3 is 2.62 bits per heavy atom. The van der Waals surface area contributed by atoms with Gasteiger partial charge in [0.15, 0.2) is 0 Å². The first-order chi connectivity index (χ1) is 15.6. The van der Waals surface area contributed by atoms with E-state index in [9.17, 15) is 4.39 Å². The number of nitrogens with zero attached hydrogens (tertiary/aromatic N) is 7. The van der Waals surface area contributed by atoms with Crippen molar-refractivity contribution in [2.45, 2.75) is 26.3 Å². The molecule has 0 aromatic carbocycles. The molecular formula is C23H25FN8. The van der Waals surface area contributed by atoms with Crippen LogP contribution >= 0.6 is 0 Å². The Bertz CT molecular complexity index is 1230. The number of pyridine rings is 2. The van der Waals surface area contributed by atoms with Gasteiger partial charge in [-0.3, -0.25) is 4.98 Å². The van der Waals surface area contributed by atoms with Gasteiger partial charge in [0, 0.05) is 44.1 Å². The molecule has 0 aliphatic carbocycles. The number of nitrogens with one attached hydrogen (secondary N) is 1. The maximum absolute atomic E-state index is 14.6. The predicted molar refractivity (Wildman–Crippen MR) is 121 cm³/mol. The van der Waals surface area contributed by atoms with E-state index in [1.54, 1.807) is 18.6 Å². The number of rotatable bonds is 5. The molecular weight excluding hydrogens is 407 g/mol. The summed E-state index contributed by atoms with van der Waals surface area (Å²) in [5.74, 6) is 0.0202. The van der Waals surface area contributed by atoms with Gasteiger partial charge >= 0.3 is 0 Å². The van der Waals surface area contributed by atoms with E-state index in [4.69, 9.17) is 0 Å². The van der Waals surface area contributed by atoms with Crippen molar-refractivity contribution in [1.29, 1.82) is 0 Å². The van der Waals surface area contributed by atoms with Gasteiger partial charge in [-0.15, -0.1) is 0 Å². The van der Waals surface area contributed by atoms with E-state index in [1.807, 2.05) is 36.7 Å². The average molecular weight is 433 g/mol. The standard InChI is InChI=1S/C23H25FN8/c1-15(2)32-14-28-22-20(32)12-19(30-23(22)24)18-5-6-26-21(29-18)11-16-3-4-17(13-27-16)31-9-7-25-8-10-31/h3-6,12-15,25H,7-11H2,1-2H3. The van der Waals surface area contributed by atoms with Crippen molar-refractivity contribution in [3.63, 3.8) is 0 Å². The summed E-state index contributed by atoms with van der Waals surface area (Å²) in [5, 5.41) is 3.36. The topological polar surface area (TPSA) is 84.7 Å². The minimum Gasteiger partial charge on any atom is -0.368 e. The normalized spacial score (nSPS) is 14.4. The minimum atomic E-state index is -0.595. The van der Waals surface area contributed by atoms with Crippen molar-refractivity contribution in [3.05, 3.63) is 60.5 Å². The highest BCUT2D eigenvalue weighted by Gasteiger charge is 2.15. The lowest BCUT2D eigenvalue weighted by atomic mass is 10.2. The van der Waals surface area contributed by atoms with Gasteiger partial charge in [-0.1, -0.05) is 0 Å². The van der Waals surface area contributed by atoms with E-state index >= 15 is 0 Å². The molecule has 0 atom stereocenters. The fourth-order valence-electron chi connectivity index (χ4n) is 3.96. The molecule has 5 heterocycles. The highest BCUT2D eigenvalue weighted by molar-refractivity contribution is 5.79. The molecule has 9 heteroatoms. The van der Waals surface area contributed by atoms with Gasteiger partial charge < -0.3 is 14.8 Å². The quantitative estimate of drug-likeness (QED) is 0.485. The number of anilines is 1. The Morgan fingerprint density at radius 1 is 1.03 bits per heavy atom. The van der Waals surface area contributed by atoms with E-state index in [-0.39, 0.29) is 11.6 Å². The van der Waals surface area contributed by atoms with E-state index in [0.717, 1.165) is 37.6 Å². The lowest BCUT2D eigenvalue weighted by Crippen LogP contribution is -2.43. The molecule has 4 aromatic heterocycles. The second kappa shape index (κ2) is 8.58. The Balaban J connectivity index is 1.39.